The van der Waals surface area contributed by atoms with Crippen molar-refractivity contribution >= 4 is 5.91 Å². The van der Waals surface area contributed by atoms with Gasteiger partial charge in [-0.25, -0.2) is 0 Å². The van der Waals surface area contributed by atoms with Crippen LogP contribution in [0.5, 0.6) is 0 Å². The van der Waals surface area contributed by atoms with Crippen molar-refractivity contribution in [1.29, 1.82) is 0 Å². The molecule has 1 rings (SSSR count). The molecule has 0 aromatic heterocycles. The van der Waals surface area contributed by atoms with E-state index in [0.717, 1.165) is 25.4 Å². The van der Waals surface area contributed by atoms with Gasteiger partial charge in [-0.2, -0.15) is 0 Å². The second kappa shape index (κ2) is 9.37. The molecule has 0 bridgehead atoms. The van der Waals surface area contributed by atoms with Gasteiger partial charge in [0.1, 0.15) is 0 Å². The number of hydrogen-bond donors (Lipinski definition) is 2. The molecule has 3 nitrogen and oxygen atoms in total. The zero-order chi connectivity index (χ0) is 13.2. The quantitative estimate of drug-likeness (QED) is 0.654. The Morgan fingerprint density at radius 2 is 1.89 bits per heavy atom. The highest BCUT2D eigenvalue weighted by Gasteiger charge is 2.12. The van der Waals surface area contributed by atoms with E-state index >= 15 is 0 Å². The minimum absolute atomic E-state index is 0.138. The molecule has 0 aromatic rings. The first-order chi connectivity index (χ1) is 8.68. The third-order valence-corrected chi connectivity index (χ3v) is 3.78. The number of nitrogens with one attached hydrogen (secondary N) is 2. The molecule has 0 aliphatic heterocycles. The van der Waals surface area contributed by atoms with Crippen molar-refractivity contribution in [3.05, 3.63) is 0 Å². The van der Waals surface area contributed by atoms with E-state index in [1.807, 2.05) is 0 Å². The van der Waals surface area contributed by atoms with Gasteiger partial charge in [-0.3, -0.25) is 4.79 Å². The molecule has 0 radical (unpaired) electrons. The van der Waals surface area contributed by atoms with Crippen LogP contribution >= 0.6 is 0 Å². The Morgan fingerprint density at radius 1 is 1.17 bits per heavy atom. The van der Waals surface area contributed by atoms with Crippen LogP contribution in [0, 0.1) is 11.8 Å². The van der Waals surface area contributed by atoms with Crippen molar-refractivity contribution in [2.75, 3.05) is 19.6 Å². The minimum atomic E-state index is 0.138. The van der Waals surface area contributed by atoms with E-state index in [9.17, 15) is 4.79 Å². The first kappa shape index (κ1) is 15.5. The van der Waals surface area contributed by atoms with Gasteiger partial charge in [0, 0.05) is 6.54 Å². The van der Waals surface area contributed by atoms with Gasteiger partial charge in [0.2, 0.25) is 5.91 Å². The van der Waals surface area contributed by atoms with Crippen LogP contribution in [0.15, 0.2) is 0 Å². The van der Waals surface area contributed by atoms with Crippen molar-refractivity contribution in [2.45, 2.75) is 58.8 Å². The number of hydrogen-bond acceptors (Lipinski definition) is 2. The molecule has 0 heterocycles. The molecule has 18 heavy (non-hydrogen) atoms. The maximum absolute atomic E-state index is 11.5. The number of carbonyl (C=O) groups excluding carboxylic acids is 1. The summed E-state index contributed by atoms with van der Waals surface area (Å²) in [5.74, 6) is 1.69. The van der Waals surface area contributed by atoms with E-state index < -0.39 is 0 Å². The lowest BCUT2D eigenvalue weighted by molar-refractivity contribution is -0.120. The molecular weight excluding hydrogens is 224 g/mol. The highest BCUT2D eigenvalue weighted by Crippen LogP contribution is 2.25. The van der Waals surface area contributed by atoms with Crippen LogP contribution in [-0.2, 0) is 4.79 Å². The van der Waals surface area contributed by atoms with Crippen LogP contribution in [0.25, 0.3) is 0 Å². The fourth-order valence-electron chi connectivity index (χ4n) is 2.55. The minimum Gasteiger partial charge on any atom is -0.355 e. The van der Waals surface area contributed by atoms with E-state index in [2.05, 4.69) is 24.5 Å². The van der Waals surface area contributed by atoms with Gasteiger partial charge in [-0.05, 0) is 31.2 Å². The van der Waals surface area contributed by atoms with Gasteiger partial charge < -0.3 is 10.6 Å². The highest BCUT2D eigenvalue weighted by atomic mass is 16.1. The van der Waals surface area contributed by atoms with Crippen molar-refractivity contribution in [3.8, 4) is 0 Å². The summed E-state index contributed by atoms with van der Waals surface area (Å²) in [5, 5.41) is 6.21. The van der Waals surface area contributed by atoms with Crippen LogP contribution in [-0.4, -0.2) is 25.5 Å². The molecule has 1 aliphatic rings. The van der Waals surface area contributed by atoms with E-state index in [4.69, 9.17) is 0 Å². The van der Waals surface area contributed by atoms with Gasteiger partial charge in [0.15, 0.2) is 0 Å². The summed E-state index contributed by atoms with van der Waals surface area (Å²) in [4.78, 5) is 11.5. The first-order valence-corrected chi connectivity index (χ1v) is 7.66. The molecule has 1 saturated carbocycles. The van der Waals surface area contributed by atoms with Crippen LogP contribution in [0.3, 0.4) is 0 Å². The molecule has 3 heteroatoms. The second-order valence-electron chi connectivity index (χ2n) is 6.00. The predicted molar refractivity (Wildman–Crippen MR) is 76.5 cm³/mol. The molecule has 1 amide bonds. The Kier molecular flexibility index (Phi) is 8.06. The summed E-state index contributed by atoms with van der Waals surface area (Å²) >= 11 is 0. The maximum Gasteiger partial charge on any atom is 0.233 e. The summed E-state index contributed by atoms with van der Waals surface area (Å²) in [6.07, 6.45) is 9.31. The summed E-state index contributed by atoms with van der Waals surface area (Å²) in [6, 6.07) is 0. The molecule has 0 aromatic carbocycles. The molecule has 0 saturated heterocycles. The van der Waals surface area contributed by atoms with Crippen molar-refractivity contribution in [1.82, 2.24) is 10.6 Å². The zero-order valence-electron chi connectivity index (χ0n) is 12.1. The Bertz CT molecular complexity index is 223. The predicted octanol–water partition coefficient (Wildman–Crippen LogP) is 2.71. The number of amides is 1. The molecule has 106 valence electrons. The first-order valence-electron chi connectivity index (χ1n) is 7.66. The molecule has 0 unspecified atom stereocenters. The number of carbonyl (C=O) groups is 1. The molecule has 0 spiro atoms. The van der Waals surface area contributed by atoms with Gasteiger partial charge in [-0.15, -0.1) is 0 Å². The molecule has 1 aliphatic carbocycles. The third kappa shape index (κ3) is 7.70. The van der Waals surface area contributed by atoms with E-state index in [0.29, 0.717) is 12.5 Å². The second-order valence-corrected chi connectivity index (χ2v) is 6.00. The van der Waals surface area contributed by atoms with Crippen LogP contribution in [0.1, 0.15) is 58.8 Å². The largest absolute Gasteiger partial charge is 0.355 e. The van der Waals surface area contributed by atoms with E-state index in [1.54, 1.807) is 0 Å². The van der Waals surface area contributed by atoms with E-state index in [-0.39, 0.29) is 5.91 Å². The summed E-state index contributed by atoms with van der Waals surface area (Å²) in [7, 11) is 0. The maximum atomic E-state index is 11.5. The third-order valence-electron chi connectivity index (χ3n) is 3.78. The Morgan fingerprint density at radius 3 is 2.56 bits per heavy atom. The van der Waals surface area contributed by atoms with Gasteiger partial charge in [-0.1, -0.05) is 46.0 Å². The summed E-state index contributed by atoms with van der Waals surface area (Å²) < 4.78 is 0. The highest BCUT2D eigenvalue weighted by molar-refractivity contribution is 5.77. The Balaban J connectivity index is 1.91. The lowest BCUT2D eigenvalue weighted by Crippen LogP contribution is -2.35. The van der Waals surface area contributed by atoms with Crippen LogP contribution in [0.2, 0.25) is 0 Å². The average Bonchev–Trinajstić information content (AvgIpc) is 2.35. The normalized spacial score (nSPS) is 17.1. The lowest BCUT2D eigenvalue weighted by Gasteiger charge is -2.21. The zero-order valence-corrected chi connectivity index (χ0v) is 12.1. The molecular formula is C15H30N2O. The Hall–Kier alpha value is -0.570. The average molecular weight is 254 g/mol. The van der Waals surface area contributed by atoms with Crippen molar-refractivity contribution in [2.24, 2.45) is 11.8 Å². The summed E-state index contributed by atoms with van der Waals surface area (Å²) in [5.41, 5.74) is 0. The Labute approximate surface area is 112 Å². The van der Waals surface area contributed by atoms with Crippen LogP contribution < -0.4 is 10.6 Å². The SMILES string of the molecule is CC(C)CCNC(=O)CNCCC1CCCCC1. The smallest absolute Gasteiger partial charge is 0.233 e. The monoisotopic (exact) mass is 254 g/mol. The molecule has 0 atom stereocenters. The fraction of sp³-hybridized carbons (Fsp3) is 0.933. The number of rotatable bonds is 8. The molecule has 2 N–H and O–H groups in total. The van der Waals surface area contributed by atoms with E-state index in [1.165, 1.54) is 38.5 Å². The van der Waals surface area contributed by atoms with Crippen LogP contribution in [0.4, 0.5) is 0 Å². The fourth-order valence-corrected chi connectivity index (χ4v) is 2.55. The van der Waals surface area contributed by atoms with Gasteiger partial charge in [0.25, 0.3) is 0 Å². The van der Waals surface area contributed by atoms with Gasteiger partial charge in [0.05, 0.1) is 6.54 Å². The lowest BCUT2D eigenvalue weighted by atomic mass is 9.87. The van der Waals surface area contributed by atoms with Crippen molar-refractivity contribution < 1.29 is 4.79 Å². The summed E-state index contributed by atoms with van der Waals surface area (Å²) in [6.45, 7) is 6.62. The topological polar surface area (TPSA) is 41.1 Å². The van der Waals surface area contributed by atoms with Crippen molar-refractivity contribution in [3.63, 3.8) is 0 Å². The standard InChI is InChI=1S/C15H30N2O/c1-13(2)8-11-17-15(18)12-16-10-9-14-6-4-3-5-7-14/h13-14,16H,3-12H2,1-2H3,(H,17,18). The van der Waals surface area contributed by atoms with Gasteiger partial charge >= 0.3 is 0 Å². The molecule has 1 fully saturated rings.